The van der Waals surface area contributed by atoms with Crippen molar-refractivity contribution in [1.82, 2.24) is 15.1 Å². The molecule has 1 N–H and O–H groups in total. The largest absolute Gasteiger partial charge is 0.493 e. The summed E-state index contributed by atoms with van der Waals surface area (Å²) < 4.78 is 11.1. The number of carbonyl (C=O) groups excluding carboxylic acids is 2. The van der Waals surface area contributed by atoms with Crippen molar-refractivity contribution in [2.45, 2.75) is 37.8 Å². The summed E-state index contributed by atoms with van der Waals surface area (Å²) in [6.45, 7) is 4.08. The van der Waals surface area contributed by atoms with Gasteiger partial charge >= 0.3 is 0 Å². The Morgan fingerprint density at radius 3 is 2.38 bits per heavy atom. The molecule has 0 fully saturated rings. The molecule has 2 atom stereocenters. The lowest BCUT2D eigenvalue weighted by Crippen LogP contribution is -2.50. The van der Waals surface area contributed by atoms with Crippen molar-refractivity contribution in [3.8, 4) is 11.5 Å². The highest BCUT2D eigenvalue weighted by atomic mass is 16.5. The predicted octanol–water partition coefficient (Wildman–Crippen LogP) is 4.11. The minimum Gasteiger partial charge on any atom is -0.493 e. The predicted molar refractivity (Wildman–Crippen MR) is 149 cm³/mol. The van der Waals surface area contributed by atoms with Crippen LogP contribution in [0.2, 0.25) is 0 Å². The topological polar surface area (TPSA) is 71.1 Å². The van der Waals surface area contributed by atoms with E-state index in [1.165, 1.54) is 16.7 Å². The van der Waals surface area contributed by atoms with Crippen LogP contribution < -0.4 is 14.8 Å². The number of amides is 2. The second-order valence-electron chi connectivity index (χ2n) is 10.6. The van der Waals surface area contributed by atoms with Crippen molar-refractivity contribution in [3.05, 3.63) is 94.0 Å². The zero-order chi connectivity index (χ0) is 26.9. The number of benzene rings is 3. The SMILES string of the molecule is COc1cc2c(cc1OC)[C@H](C(=O)NCCCN1CCc3ccccc3C1)[C@@H]1c3ccccc3CCN1C2=O. The molecule has 0 spiro atoms. The van der Waals surface area contributed by atoms with E-state index in [0.717, 1.165) is 44.5 Å². The molecule has 0 radical (unpaired) electrons. The van der Waals surface area contributed by atoms with Crippen LogP contribution in [0, 0.1) is 0 Å². The molecule has 39 heavy (non-hydrogen) atoms. The van der Waals surface area contributed by atoms with Gasteiger partial charge in [0.15, 0.2) is 11.5 Å². The Hall–Kier alpha value is -3.84. The minimum atomic E-state index is -0.541. The van der Waals surface area contributed by atoms with E-state index in [-0.39, 0.29) is 17.9 Å². The Morgan fingerprint density at radius 1 is 0.897 bits per heavy atom. The van der Waals surface area contributed by atoms with Gasteiger partial charge < -0.3 is 19.7 Å². The van der Waals surface area contributed by atoms with Crippen molar-refractivity contribution >= 4 is 11.8 Å². The number of rotatable bonds is 7. The Kier molecular flexibility index (Phi) is 7.00. The average Bonchev–Trinajstić information content (AvgIpc) is 2.98. The highest BCUT2D eigenvalue weighted by Gasteiger charge is 2.46. The minimum absolute atomic E-state index is 0.0633. The maximum atomic E-state index is 14.0. The van der Waals surface area contributed by atoms with Crippen LogP contribution in [0.15, 0.2) is 60.7 Å². The first kappa shape index (κ1) is 25.4. The first-order chi connectivity index (χ1) is 19.1. The zero-order valence-corrected chi connectivity index (χ0v) is 22.6. The number of hydrogen-bond donors (Lipinski definition) is 1. The lowest BCUT2D eigenvalue weighted by atomic mass is 9.75. The number of fused-ring (bicyclic) bond motifs is 5. The lowest BCUT2D eigenvalue weighted by Gasteiger charge is -2.45. The van der Waals surface area contributed by atoms with Gasteiger partial charge in [-0.25, -0.2) is 0 Å². The van der Waals surface area contributed by atoms with Crippen LogP contribution in [0.5, 0.6) is 11.5 Å². The Balaban J connectivity index is 1.24. The molecule has 0 bridgehead atoms. The second kappa shape index (κ2) is 10.7. The smallest absolute Gasteiger partial charge is 0.254 e. The summed E-state index contributed by atoms with van der Waals surface area (Å²) in [5, 5.41) is 3.22. The number of ether oxygens (including phenoxy) is 2. The van der Waals surface area contributed by atoms with Crippen molar-refractivity contribution in [2.75, 3.05) is 40.4 Å². The van der Waals surface area contributed by atoms with Crippen LogP contribution in [-0.2, 0) is 24.2 Å². The van der Waals surface area contributed by atoms with Crippen LogP contribution in [0.25, 0.3) is 0 Å². The van der Waals surface area contributed by atoms with Crippen molar-refractivity contribution < 1.29 is 19.1 Å². The fourth-order valence-electron chi connectivity index (χ4n) is 6.50. The maximum absolute atomic E-state index is 14.0. The molecular formula is C32H35N3O4. The van der Waals surface area contributed by atoms with Gasteiger partial charge in [0.2, 0.25) is 5.91 Å². The number of carbonyl (C=O) groups is 2. The highest BCUT2D eigenvalue weighted by Crippen LogP contribution is 2.48. The van der Waals surface area contributed by atoms with Crippen molar-refractivity contribution in [1.29, 1.82) is 0 Å². The van der Waals surface area contributed by atoms with Gasteiger partial charge in [-0.1, -0.05) is 48.5 Å². The molecule has 0 unspecified atom stereocenters. The van der Waals surface area contributed by atoms with E-state index in [1.807, 2.05) is 23.1 Å². The van der Waals surface area contributed by atoms with Crippen LogP contribution >= 0.6 is 0 Å². The Morgan fingerprint density at radius 2 is 1.59 bits per heavy atom. The standard InChI is InChI=1S/C32H35N3O4/c1-38-27-18-25-26(19-28(27)39-2)32(37)35-17-13-22-9-5-6-11-24(22)30(35)29(25)31(36)33-14-7-15-34-16-12-21-8-3-4-10-23(21)20-34/h3-6,8-11,18-19,29-30H,7,12-17,20H2,1-2H3,(H,33,36)/t29-,30-/m0/s1. The van der Waals surface area contributed by atoms with E-state index in [2.05, 4.69) is 46.6 Å². The summed E-state index contributed by atoms with van der Waals surface area (Å²) >= 11 is 0. The quantitative estimate of drug-likeness (QED) is 0.471. The number of nitrogens with one attached hydrogen (secondary N) is 1. The van der Waals surface area contributed by atoms with E-state index in [4.69, 9.17) is 9.47 Å². The van der Waals surface area contributed by atoms with Crippen LogP contribution in [0.3, 0.4) is 0 Å². The summed E-state index contributed by atoms with van der Waals surface area (Å²) in [7, 11) is 3.13. The third-order valence-corrected chi connectivity index (χ3v) is 8.47. The molecule has 7 nitrogen and oxygen atoms in total. The molecule has 3 aliphatic rings. The normalized spacial score (nSPS) is 19.8. The van der Waals surface area contributed by atoms with E-state index >= 15 is 0 Å². The van der Waals surface area contributed by atoms with Crippen LogP contribution in [-0.4, -0.2) is 62.0 Å². The molecule has 7 heteroatoms. The Bertz CT molecular complexity index is 1400. The first-order valence-corrected chi connectivity index (χ1v) is 13.8. The molecular weight excluding hydrogens is 490 g/mol. The molecule has 3 aromatic carbocycles. The number of hydrogen-bond acceptors (Lipinski definition) is 5. The molecule has 2 amide bonds. The third kappa shape index (κ3) is 4.65. The van der Waals surface area contributed by atoms with Gasteiger partial charge in [-0.2, -0.15) is 0 Å². The van der Waals surface area contributed by atoms with E-state index in [9.17, 15) is 9.59 Å². The monoisotopic (exact) mass is 525 g/mol. The molecule has 202 valence electrons. The van der Waals surface area contributed by atoms with E-state index in [1.54, 1.807) is 20.3 Å². The van der Waals surface area contributed by atoms with Crippen molar-refractivity contribution in [2.24, 2.45) is 0 Å². The third-order valence-electron chi connectivity index (χ3n) is 8.47. The number of nitrogens with zero attached hydrogens (tertiary/aromatic N) is 2. The van der Waals surface area contributed by atoms with E-state index in [0.29, 0.717) is 35.7 Å². The van der Waals surface area contributed by atoms with Gasteiger partial charge in [-0.05, 0) is 59.2 Å². The summed E-state index contributed by atoms with van der Waals surface area (Å²) in [4.78, 5) is 32.0. The molecule has 3 heterocycles. The lowest BCUT2D eigenvalue weighted by molar-refractivity contribution is -0.124. The van der Waals surface area contributed by atoms with Crippen LogP contribution in [0.1, 0.15) is 56.6 Å². The summed E-state index contributed by atoms with van der Waals surface area (Å²) in [5.74, 6) is 0.333. The van der Waals surface area contributed by atoms with Gasteiger partial charge in [-0.15, -0.1) is 0 Å². The van der Waals surface area contributed by atoms with Gasteiger partial charge in [0.1, 0.15) is 0 Å². The zero-order valence-electron chi connectivity index (χ0n) is 22.6. The second-order valence-corrected chi connectivity index (χ2v) is 10.6. The maximum Gasteiger partial charge on any atom is 0.254 e. The molecule has 0 saturated heterocycles. The summed E-state index contributed by atoms with van der Waals surface area (Å²) in [6.07, 6.45) is 2.70. The molecule has 0 aliphatic carbocycles. The fraction of sp³-hybridized carbons (Fsp3) is 0.375. The van der Waals surface area contributed by atoms with Gasteiger partial charge in [0, 0.05) is 38.3 Å². The molecule has 3 aromatic rings. The Labute approximate surface area is 229 Å². The average molecular weight is 526 g/mol. The van der Waals surface area contributed by atoms with Crippen molar-refractivity contribution in [3.63, 3.8) is 0 Å². The molecule has 0 aromatic heterocycles. The van der Waals surface area contributed by atoms with Gasteiger partial charge in [0.25, 0.3) is 5.91 Å². The summed E-state index contributed by atoms with van der Waals surface area (Å²) in [6, 6.07) is 20.0. The van der Waals surface area contributed by atoms with Gasteiger partial charge in [0.05, 0.1) is 26.2 Å². The fourth-order valence-corrected chi connectivity index (χ4v) is 6.50. The highest BCUT2D eigenvalue weighted by molar-refractivity contribution is 6.02. The van der Waals surface area contributed by atoms with Crippen LogP contribution in [0.4, 0.5) is 0 Å². The van der Waals surface area contributed by atoms with E-state index < -0.39 is 5.92 Å². The summed E-state index contributed by atoms with van der Waals surface area (Å²) in [5.41, 5.74) is 6.29. The molecule has 3 aliphatic heterocycles. The van der Waals surface area contributed by atoms with Gasteiger partial charge in [-0.3, -0.25) is 14.5 Å². The first-order valence-electron chi connectivity index (χ1n) is 13.8. The molecule has 0 saturated carbocycles. The number of methoxy groups -OCH3 is 2. The molecule has 6 rings (SSSR count).